The summed E-state index contributed by atoms with van der Waals surface area (Å²) in [6.07, 6.45) is 2.44. The zero-order valence-electron chi connectivity index (χ0n) is 15.9. The molecule has 0 aromatic heterocycles. The van der Waals surface area contributed by atoms with E-state index in [1.165, 1.54) is 7.11 Å². The topological polar surface area (TPSA) is 103 Å². The molecule has 0 bridgehead atoms. The molecule has 8 nitrogen and oxygen atoms in total. The number of hydrogen-bond donors (Lipinski definition) is 2. The first-order valence-electron chi connectivity index (χ1n) is 8.49. The van der Waals surface area contributed by atoms with Crippen LogP contribution in [0.25, 0.3) is 0 Å². The number of benzene rings is 1. The van der Waals surface area contributed by atoms with Gasteiger partial charge in [0.1, 0.15) is 0 Å². The highest BCUT2D eigenvalue weighted by atomic mass is 16.6. The number of hydrogen-bond acceptors (Lipinski definition) is 6. The fourth-order valence-electron chi connectivity index (χ4n) is 1.95. The first-order chi connectivity index (χ1) is 12.8. The van der Waals surface area contributed by atoms with E-state index in [-0.39, 0.29) is 5.92 Å². The van der Waals surface area contributed by atoms with Gasteiger partial charge in [-0.3, -0.25) is 10.1 Å². The van der Waals surface area contributed by atoms with Gasteiger partial charge in [0.15, 0.2) is 24.7 Å². The van der Waals surface area contributed by atoms with E-state index in [4.69, 9.17) is 14.2 Å². The van der Waals surface area contributed by atoms with E-state index in [9.17, 15) is 14.4 Å². The molecule has 0 atom stereocenters. The van der Waals surface area contributed by atoms with Crippen molar-refractivity contribution in [2.45, 2.75) is 20.3 Å². The van der Waals surface area contributed by atoms with E-state index in [2.05, 4.69) is 17.2 Å². The maximum absolute atomic E-state index is 11.7. The number of amides is 3. The van der Waals surface area contributed by atoms with Crippen molar-refractivity contribution in [3.05, 3.63) is 36.4 Å². The van der Waals surface area contributed by atoms with E-state index in [1.807, 2.05) is 19.9 Å². The Kier molecular flexibility index (Phi) is 9.42. The van der Waals surface area contributed by atoms with Gasteiger partial charge in [-0.1, -0.05) is 26.0 Å². The summed E-state index contributed by atoms with van der Waals surface area (Å²) in [5.74, 6) is -0.369. The number of urea groups is 1. The molecule has 0 unspecified atom stereocenters. The van der Waals surface area contributed by atoms with Crippen LogP contribution in [0.4, 0.5) is 4.79 Å². The number of ether oxygens (including phenoxy) is 3. The summed E-state index contributed by atoms with van der Waals surface area (Å²) in [5, 5.41) is 4.58. The molecule has 8 heteroatoms. The third kappa shape index (κ3) is 8.75. The maximum atomic E-state index is 11.7. The Hall–Kier alpha value is -3.03. The molecular weight excluding hydrogens is 352 g/mol. The second-order valence-corrected chi connectivity index (χ2v) is 6.08. The molecule has 1 aromatic rings. The van der Waals surface area contributed by atoms with Crippen LogP contribution in [0.15, 0.2) is 30.9 Å². The van der Waals surface area contributed by atoms with Crippen molar-refractivity contribution in [3.8, 4) is 11.5 Å². The smallest absolute Gasteiger partial charge is 0.344 e. The van der Waals surface area contributed by atoms with Crippen molar-refractivity contribution in [2.24, 2.45) is 5.92 Å². The molecule has 0 aliphatic heterocycles. The highest BCUT2D eigenvalue weighted by molar-refractivity contribution is 5.95. The van der Waals surface area contributed by atoms with Crippen LogP contribution in [0.3, 0.4) is 0 Å². The summed E-state index contributed by atoms with van der Waals surface area (Å²) >= 11 is 0. The van der Waals surface area contributed by atoms with Crippen LogP contribution in [0, 0.1) is 5.92 Å². The summed E-state index contributed by atoms with van der Waals surface area (Å²) in [5.41, 5.74) is 0.990. The highest BCUT2D eigenvalue weighted by Gasteiger charge is 2.13. The molecule has 1 aromatic carbocycles. The van der Waals surface area contributed by atoms with Crippen LogP contribution in [-0.2, 0) is 20.7 Å². The quantitative estimate of drug-likeness (QED) is 0.476. The van der Waals surface area contributed by atoms with Crippen LogP contribution in [0.2, 0.25) is 0 Å². The molecule has 0 spiro atoms. The minimum Gasteiger partial charge on any atom is -0.493 e. The van der Waals surface area contributed by atoms with Crippen LogP contribution in [-0.4, -0.2) is 44.8 Å². The number of allylic oxidation sites excluding steroid dienone is 1. The fourth-order valence-corrected chi connectivity index (χ4v) is 1.95. The summed E-state index contributed by atoms with van der Waals surface area (Å²) in [7, 11) is 1.49. The van der Waals surface area contributed by atoms with Gasteiger partial charge in [0.25, 0.3) is 5.91 Å². The second kappa shape index (κ2) is 11.6. The van der Waals surface area contributed by atoms with Gasteiger partial charge in [-0.2, -0.15) is 0 Å². The van der Waals surface area contributed by atoms with E-state index in [0.29, 0.717) is 24.5 Å². The van der Waals surface area contributed by atoms with Gasteiger partial charge in [0.2, 0.25) is 0 Å². The number of imide groups is 1. The molecule has 0 saturated carbocycles. The monoisotopic (exact) mass is 378 g/mol. The van der Waals surface area contributed by atoms with Crippen molar-refractivity contribution < 1.29 is 28.6 Å². The Morgan fingerprint density at radius 2 is 1.93 bits per heavy atom. The Bertz CT molecular complexity index is 672. The zero-order valence-corrected chi connectivity index (χ0v) is 15.9. The van der Waals surface area contributed by atoms with Gasteiger partial charge < -0.3 is 19.5 Å². The molecule has 1 rings (SSSR count). The van der Waals surface area contributed by atoms with Crippen molar-refractivity contribution in [2.75, 3.05) is 26.9 Å². The van der Waals surface area contributed by atoms with Crippen molar-refractivity contribution >= 4 is 17.9 Å². The predicted molar refractivity (Wildman–Crippen MR) is 99.7 cm³/mol. The normalized spacial score (nSPS) is 10.1. The lowest BCUT2D eigenvalue weighted by Crippen LogP contribution is -2.42. The number of rotatable bonds is 10. The first kappa shape index (κ1) is 22.0. The highest BCUT2D eigenvalue weighted by Crippen LogP contribution is 2.28. The van der Waals surface area contributed by atoms with E-state index in [0.717, 1.165) is 5.56 Å². The molecule has 3 amide bonds. The van der Waals surface area contributed by atoms with Gasteiger partial charge in [0, 0.05) is 6.54 Å². The summed E-state index contributed by atoms with van der Waals surface area (Å²) in [6, 6.07) is 4.65. The Morgan fingerprint density at radius 3 is 2.56 bits per heavy atom. The number of carbonyl (C=O) groups is 3. The fraction of sp³-hybridized carbons (Fsp3) is 0.421. The second-order valence-electron chi connectivity index (χ2n) is 6.08. The van der Waals surface area contributed by atoms with Crippen LogP contribution < -0.4 is 20.1 Å². The molecule has 2 N–H and O–H groups in total. The van der Waals surface area contributed by atoms with Gasteiger partial charge in [0.05, 0.1) is 7.11 Å². The Balaban J connectivity index is 2.39. The van der Waals surface area contributed by atoms with Crippen molar-refractivity contribution in [1.29, 1.82) is 0 Å². The van der Waals surface area contributed by atoms with Crippen molar-refractivity contribution in [1.82, 2.24) is 10.6 Å². The molecule has 0 saturated heterocycles. The molecular formula is C19H26N2O6. The molecule has 0 radical (unpaired) electrons. The number of methoxy groups -OCH3 is 1. The van der Waals surface area contributed by atoms with E-state index in [1.54, 1.807) is 18.2 Å². The summed E-state index contributed by atoms with van der Waals surface area (Å²) < 4.78 is 15.4. The van der Waals surface area contributed by atoms with Crippen LogP contribution >= 0.6 is 0 Å². The molecule has 0 fully saturated rings. The van der Waals surface area contributed by atoms with Gasteiger partial charge in [-0.15, -0.1) is 6.58 Å². The molecule has 148 valence electrons. The van der Waals surface area contributed by atoms with Crippen LogP contribution in [0.1, 0.15) is 19.4 Å². The molecule has 0 aliphatic carbocycles. The lowest BCUT2D eigenvalue weighted by molar-refractivity contribution is -0.150. The third-order valence-corrected chi connectivity index (χ3v) is 3.24. The van der Waals surface area contributed by atoms with Gasteiger partial charge in [-0.25, -0.2) is 9.59 Å². The minimum absolute atomic E-state index is 0.253. The molecule has 0 heterocycles. The average Bonchev–Trinajstić information content (AvgIpc) is 2.63. The Labute approximate surface area is 158 Å². The number of carbonyl (C=O) groups excluding carboxylic acids is 3. The van der Waals surface area contributed by atoms with E-state index < -0.39 is 31.1 Å². The SMILES string of the molecule is C=CCc1ccc(OCC(=O)OCC(=O)NC(=O)NCC(C)C)c(OC)c1. The van der Waals surface area contributed by atoms with Gasteiger partial charge in [-0.05, 0) is 30.0 Å². The third-order valence-electron chi connectivity index (χ3n) is 3.24. The lowest BCUT2D eigenvalue weighted by atomic mass is 10.1. The zero-order chi connectivity index (χ0) is 20.2. The first-order valence-corrected chi connectivity index (χ1v) is 8.49. The summed E-state index contributed by atoms with van der Waals surface area (Å²) in [6.45, 7) is 6.97. The maximum Gasteiger partial charge on any atom is 0.344 e. The Morgan fingerprint density at radius 1 is 1.19 bits per heavy atom. The number of esters is 1. The molecule has 0 aliphatic rings. The van der Waals surface area contributed by atoms with Crippen LogP contribution in [0.5, 0.6) is 11.5 Å². The predicted octanol–water partition coefficient (Wildman–Crippen LogP) is 1.83. The standard InChI is InChI=1S/C19H26N2O6/c1-5-6-14-7-8-15(16(9-14)25-4)26-12-18(23)27-11-17(22)21-19(24)20-10-13(2)3/h5,7-9,13H,1,6,10-12H2,2-4H3,(H2,20,21,22,24). The van der Waals surface area contributed by atoms with Crippen molar-refractivity contribution in [3.63, 3.8) is 0 Å². The molecule has 27 heavy (non-hydrogen) atoms. The summed E-state index contributed by atoms with van der Waals surface area (Å²) in [4.78, 5) is 34.7. The van der Waals surface area contributed by atoms with Gasteiger partial charge >= 0.3 is 12.0 Å². The van der Waals surface area contributed by atoms with E-state index >= 15 is 0 Å². The largest absolute Gasteiger partial charge is 0.493 e. The number of nitrogens with one attached hydrogen (secondary N) is 2. The minimum atomic E-state index is -0.745. The lowest BCUT2D eigenvalue weighted by Gasteiger charge is -2.12. The average molecular weight is 378 g/mol.